The molecule has 1 aliphatic heterocycles. The van der Waals surface area contributed by atoms with E-state index in [2.05, 4.69) is 15.3 Å². The van der Waals surface area contributed by atoms with Crippen LogP contribution in [0.4, 0.5) is 0 Å². The maximum absolute atomic E-state index is 12.0. The molecule has 0 aliphatic carbocycles. The van der Waals surface area contributed by atoms with Crippen LogP contribution >= 0.6 is 11.6 Å². The SMILES string of the molecule is O=[S@@](C[C@@H]1CCCCN1)c1ccnc(Cl)n1. The lowest BCUT2D eigenvalue weighted by Crippen LogP contribution is -2.38. The van der Waals surface area contributed by atoms with Crippen molar-refractivity contribution < 1.29 is 4.21 Å². The van der Waals surface area contributed by atoms with E-state index in [4.69, 9.17) is 11.6 Å². The molecule has 0 unspecified atom stereocenters. The summed E-state index contributed by atoms with van der Waals surface area (Å²) in [6.07, 6.45) is 5.04. The third-order valence-corrected chi connectivity index (χ3v) is 4.18. The maximum Gasteiger partial charge on any atom is 0.223 e. The largest absolute Gasteiger partial charge is 0.313 e. The normalized spacial score (nSPS) is 22.9. The topological polar surface area (TPSA) is 54.9 Å². The van der Waals surface area contributed by atoms with Gasteiger partial charge in [-0.15, -0.1) is 0 Å². The molecule has 88 valence electrons. The van der Waals surface area contributed by atoms with Gasteiger partial charge in [0, 0.05) is 18.0 Å². The third kappa shape index (κ3) is 3.23. The average molecular weight is 260 g/mol. The minimum Gasteiger partial charge on any atom is -0.313 e. The molecule has 0 radical (unpaired) electrons. The summed E-state index contributed by atoms with van der Waals surface area (Å²) in [6.45, 7) is 1.02. The predicted octanol–water partition coefficient (Wildman–Crippen LogP) is 1.38. The molecule has 1 N–H and O–H groups in total. The Morgan fingerprint density at radius 1 is 1.56 bits per heavy atom. The first kappa shape index (κ1) is 12.0. The number of aromatic nitrogens is 2. The highest BCUT2D eigenvalue weighted by molar-refractivity contribution is 7.85. The summed E-state index contributed by atoms with van der Waals surface area (Å²) in [5.41, 5.74) is 0. The van der Waals surface area contributed by atoms with Crippen molar-refractivity contribution in [3.05, 3.63) is 17.5 Å². The van der Waals surface area contributed by atoms with E-state index in [1.807, 2.05) is 0 Å². The zero-order chi connectivity index (χ0) is 11.4. The molecule has 0 saturated carbocycles. The van der Waals surface area contributed by atoms with E-state index >= 15 is 0 Å². The second kappa shape index (κ2) is 5.70. The molecule has 1 aromatic rings. The molecule has 0 bridgehead atoms. The molecule has 1 aromatic heterocycles. The van der Waals surface area contributed by atoms with Gasteiger partial charge in [-0.2, -0.15) is 0 Å². The predicted molar refractivity (Wildman–Crippen MR) is 64.0 cm³/mol. The summed E-state index contributed by atoms with van der Waals surface area (Å²) in [5, 5.41) is 4.04. The third-order valence-electron chi connectivity index (χ3n) is 2.60. The molecule has 1 saturated heterocycles. The lowest BCUT2D eigenvalue weighted by molar-refractivity contribution is 0.427. The molecular formula is C10H14ClN3OS. The second-order valence-electron chi connectivity index (χ2n) is 3.82. The molecule has 2 atom stereocenters. The quantitative estimate of drug-likeness (QED) is 0.658. The van der Waals surface area contributed by atoms with Gasteiger partial charge < -0.3 is 5.32 Å². The van der Waals surface area contributed by atoms with Crippen molar-refractivity contribution in [2.75, 3.05) is 12.3 Å². The van der Waals surface area contributed by atoms with Crippen molar-refractivity contribution in [2.24, 2.45) is 0 Å². The highest BCUT2D eigenvalue weighted by atomic mass is 35.5. The summed E-state index contributed by atoms with van der Waals surface area (Å²) in [5.74, 6) is 0.605. The number of hydrogen-bond donors (Lipinski definition) is 1. The van der Waals surface area contributed by atoms with E-state index in [-0.39, 0.29) is 5.28 Å². The van der Waals surface area contributed by atoms with Gasteiger partial charge in [-0.3, -0.25) is 4.21 Å². The molecule has 16 heavy (non-hydrogen) atoms. The van der Waals surface area contributed by atoms with Crippen LogP contribution in [0, 0.1) is 0 Å². The summed E-state index contributed by atoms with van der Waals surface area (Å²) < 4.78 is 12.0. The van der Waals surface area contributed by atoms with Gasteiger partial charge in [0.25, 0.3) is 0 Å². The van der Waals surface area contributed by atoms with Crippen molar-refractivity contribution >= 4 is 22.4 Å². The van der Waals surface area contributed by atoms with E-state index in [0.29, 0.717) is 16.8 Å². The molecule has 4 nitrogen and oxygen atoms in total. The van der Waals surface area contributed by atoms with Crippen molar-refractivity contribution in [3.8, 4) is 0 Å². The van der Waals surface area contributed by atoms with Gasteiger partial charge >= 0.3 is 0 Å². The fraction of sp³-hybridized carbons (Fsp3) is 0.600. The first-order valence-electron chi connectivity index (χ1n) is 5.36. The Morgan fingerprint density at radius 3 is 3.12 bits per heavy atom. The lowest BCUT2D eigenvalue weighted by Gasteiger charge is -2.22. The zero-order valence-electron chi connectivity index (χ0n) is 8.86. The maximum atomic E-state index is 12.0. The van der Waals surface area contributed by atoms with Gasteiger partial charge in [-0.1, -0.05) is 6.42 Å². The average Bonchev–Trinajstić information content (AvgIpc) is 2.30. The number of piperidine rings is 1. The number of nitrogens with zero attached hydrogens (tertiary/aromatic N) is 2. The Bertz CT molecular complexity index is 382. The minimum atomic E-state index is -1.09. The van der Waals surface area contributed by atoms with Crippen LogP contribution in [0.1, 0.15) is 19.3 Å². The molecule has 0 amide bonds. The monoisotopic (exact) mass is 259 g/mol. The second-order valence-corrected chi connectivity index (χ2v) is 5.60. The summed E-state index contributed by atoms with van der Waals surface area (Å²) in [6, 6.07) is 1.99. The van der Waals surface area contributed by atoms with E-state index in [1.165, 1.54) is 19.0 Å². The van der Waals surface area contributed by atoms with Gasteiger partial charge in [-0.05, 0) is 37.1 Å². The summed E-state index contributed by atoms with van der Waals surface area (Å²) in [4.78, 5) is 7.74. The van der Waals surface area contributed by atoms with Crippen LogP contribution in [-0.4, -0.2) is 32.5 Å². The Hall–Kier alpha value is -0.520. The fourth-order valence-electron chi connectivity index (χ4n) is 1.78. The first-order valence-corrected chi connectivity index (χ1v) is 7.06. The molecule has 2 heterocycles. The molecular weight excluding hydrogens is 246 g/mol. The Labute approximate surface area is 102 Å². The van der Waals surface area contributed by atoms with Crippen molar-refractivity contribution in [3.63, 3.8) is 0 Å². The number of halogens is 1. The van der Waals surface area contributed by atoms with E-state index in [0.717, 1.165) is 13.0 Å². The molecule has 6 heteroatoms. The number of rotatable bonds is 3. The smallest absolute Gasteiger partial charge is 0.223 e. The lowest BCUT2D eigenvalue weighted by atomic mass is 10.1. The molecule has 2 rings (SSSR count). The van der Waals surface area contributed by atoms with Crippen LogP contribution in [0.3, 0.4) is 0 Å². The van der Waals surface area contributed by atoms with Gasteiger partial charge in [-0.25, -0.2) is 9.97 Å². The highest BCUT2D eigenvalue weighted by Gasteiger charge is 2.17. The Balaban J connectivity index is 1.97. The van der Waals surface area contributed by atoms with Crippen molar-refractivity contribution in [1.82, 2.24) is 15.3 Å². The van der Waals surface area contributed by atoms with E-state index in [9.17, 15) is 4.21 Å². The van der Waals surface area contributed by atoms with Crippen LogP contribution in [0.2, 0.25) is 5.28 Å². The summed E-state index contributed by atoms with van der Waals surface area (Å²) >= 11 is 5.66. The molecule has 0 aromatic carbocycles. The van der Waals surface area contributed by atoms with Crippen LogP contribution in [0.5, 0.6) is 0 Å². The van der Waals surface area contributed by atoms with Crippen molar-refractivity contribution in [1.29, 1.82) is 0 Å². The molecule has 1 fully saturated rings. The van der Waals surface area contributed by atoms with Crippen LogP contribution in [0.15, 0.2) is 17.3 Å². The van der Waals surface area contributed by atoms with E-state index in [1.54, 1.807) is 6.07 Å². The van der Waals surface area contributed by atoms with Crippen LogP contribution in [0.25, 0.3) is 0 Å². The molecule has 1 aliphatic rings. The zero-order valence-corrected chi connectivity index (χ0v) is 10.4. The highest BCUT2D eigenvalue weighted by Crippen LogP contribution is 2.12. The van der Waals surface area contributed by atoms with Gasteiger partial charge in [0.05, 0.1) is 10.8 Å². The van der Waals surface area contributed by atoms with Crippen LogP contribution < -0.4 is 5.32 Å². The fourth-order valence-corrected chi connectivity index (χ4v) is 3.20. The standard InChI is InChI=1S/C10H14ClN3OS/c11-10-13-6-4-9(14-10)16(15)7-8-3-1-2-5-12-8/h4,6,8,12H,1-3,5,7H2/t8-,16-/m0/s1. The Morgan fingerprint density at radius 2 is 2.44 bits per heavy atom. The van der Waals surface area contributed by atoms with Gasteiger partial charge in [0.2, 0.25) is 5.28 Å². The first-order chi connectivity index (χ1) is 7.75. The van der Waals surface area contributed by atoms with E-state index < -0.39 is 10.8 Å². The van der Waals surface area contributed by atoms with Gasteiger partial charge in [0.15, 0.2) is 0 Å². The van der Waals surface area contributed by atoms with Gasteiger partial charge in [0.1, 0.15) is 5.03 Å². The number of hydrogen-bond acceptors (Lipinski definition) is 4. The van der Waals surface area contributed by atoms with Crippen LogP contribution in [-0.2, 0) is 10.8 Å². The Kier molecular flexibility index (Phi) is 4.26. The molecule has 0 spiro atoms. The van der Waals surface area contributed by atoms with Crippen molar-refractivity contribution in [2.45, 2.75) is 30.3 Å². The minimum absolute atomic E-state index is 0.155. The number of nitrogens with one attached hydrogen (secondary N) is 1. The summed E-state index contributed by atoms with van der Waals surface area (Å²) in [7, 11) is -1.09.